The van der Waals surface area contributed by atoms with Crippen LogP contribution in [0.1, 0.15) is 17.2 Å². The van der Waals surface area contributed by atoms with Crippen LogP contribution in [0.25, 0.3) is 10.9 Å². The second kappa shape index (κ2) is 10.0. The van der Waals surface area contributed by atoms with Crippen LogP contribution in [0.15, 0.2) is 77.9 Å². The summed E-state index contributed by atoms with van der Waals surface area (Å²) < 4.78 is 11.6. The molecular formula is C25H22N4O6. The molecule has 10 heteroatoms. The third-order valence-corrected chi connectivity index (χ3v) is 5.54. The van der Waals surface area contributed by atoms with E-state index in [0.717, 1.165) is 11.1 Å². The molecule has 3 aromatic carbocycles. The topological polar surface area (TPSA) is 126 Å². The summed E-state index contributed by atoms with van der Waals surface area (Å²) in [6.45, 7) is -0.276. The number of fused-ring (bicyclic) bond motifs is 1. The number of carbonyl (C=O) groups is 1. The van der Waals surface area contributed by atoms with E-state index >= 15 is 0 Å². The maximum atomic E-state index is 13.0. The first-order chi connectivity index (χ1) is 16.9. The Kier molecular flexibility index (Phi) is 6.72. The molecule has 178 valence electrons. The summed E-state index contributed by atoms with van der Waals surface area (Å²) in [4.78, 5) is 40.4. The predicted molar refractivity (Wildman–Crippen MR) is 129 cm³/mol. The van der Waals surface area contributed by atoms with Crippen molar-refractivity contribution in [1.29, 1.82) is 0 Å². The molecule has 0 aliphatic heterocycles. The number of benzene rings is 3. The number of nitrogens with one attached hydrogen (secondary N) is 1. The monoisotopic (exact) mass is 474 g/mol. The normalized spacial score (nSPS) is 10.8. The van der Waals surface area contributed by atoms with Gasteiger partial charge in [0.15, 0.2) is 0 Å². The maximum Gasteiger partial charge on any atom is 0.271 e. The van der Waals surface area contributed by atoms with E-state index in [0.29, 0.717) is 11.5 Å². The van der Waals surface area contributed by atoms with Crippen LogP contribution in [0.5, 0.6) is 11.5 Å². The summed E-state index contributed by atoms with van der Waals surface area (Å²) in [7, 11) is 3.15. The van der Waals surface area contributed by atoms with Gasteiger partial charge in [0.25, 0.3) is 11.2 Å². The van der Waals surface area contributed by atoms with Crippen LogP contribution in [-0.4, -0.2) is 34.6 Å². The van der Waals surface area contributed by atoms with Crippen LogP contribution in [0.2, 0.25) is 0 Å². The lowest BCUT2D eigenvalue weighted by Crippen LogP contribution is -2.35. The van der Waals surface area contributed by atoms with Gasteiger partial charge in [0.05, 0.1) is 42.4 Å². The molecule has 35 heavy (non-hydrogen) atoms. The Labute approximate surface area is 199 Å². The molecule has 0 saturated carbocycles. The van der Waals surface area contributed by atoms with Crippen molar-refractivity contribution in [3.8, 4) is 11.5 Å². The molecule has 0 aliphatic rings. The minimum absolute atomic E-state index is 0.165. The van der Waals surface area contributed by atoms with Crippen LogP contribution in [0, 0.1) is 10.1 Å². The van der Waals surface area contributed by atoms with Gasteiger partial charge in [-0.15, -0.1) is 0 Å². The van der Waals surface area contributed by atoms with Crippen molar-refractivity contribution in [2.75, 3.05) is 14.2 Å². The minimum atomic E-state index is -0.557. The molecule has 1 aromatic heterocycles. The number of nitrogens with zero attached hydrogens (tertiary/aromatic N) is 3. The summed E-state index contributed by atoms with van der Waals surface area (Å²) in [5.41, 5.74) is 1.20. The van der Waals surface area contributed by atoms with Gasteiger partial charge in [0, 0.05) is 12.1 Å². The van der Waals surface area contributed by atoms with E-state index in [2.05, 4.69) is 10.3 Å². The first-order valence-corrected chi connectivity index (χ1v) is 10.6. The zero-order valence-corrected chi connectivity index (χ0v) is 19.0. The van der Waals surface area contributed by atoms with Crippen LogP contribution >= 0.6 is 0 Å². The second-order valence-electron chi connectivity index (χ2n) is 7.68. The highest BCUT2D eigenvalue weighted by Crippen LogP contribution is 2.26. The van der Waals surface area contributed by atoms with E-state index in [9.17, 15) is 19.7 Å². The Hall–Kier alpha value is -4.73. The quantitative estimate of drug-likeness (QED) is 0.307. The number of aromatic nitrogens is 2. The van der Waals surface area contributed by atoms with Crippen molar-refractivity contribution < 1.29 is 19.2 Å². The lowest BCUT2D eigenvalue weighted by atomic mass is 9.98. The summed E-state index contributed by atoms with van der Waals surface area (Å²) in [6.07, 6.45) is 1.21. The average molecular weight is 474 g/mol. The molecule has 0 atom stereocenters. The fraction of sp³-hybridized carbons (Fsp3) is 0.160. The van der Waals surface area contributed by atoms with Crippen molar-refractivity contribution in [3.63, 3.8) is 0 Å². The third kappa shape index (κ3) is 5.11. The third-order valence-electron chi connectivity index (χ3n) is 5.54. The lowest BCUT2D eigenvalue weighted by molar-refractivity contribution is -0.384. The zero-order chi connectivity index (χ0) is 24.9. The van der Waals surface area contributed by atoms with Gasteiger partial charge in [-0.3, -0.25) is 24.3 Å². The fourth-order valence-electron chi connectivity index (χ4n) is 3.69. The lowest BCUT2D eigenvalue weighted by Gasteiger charge is -2.21. The molecule has 4 aromatic rings. The number of carbonyl (C=O) groups excluding carboxylic acids is 1. The summed E-state index contributed by atoms with van der Waals surface area (Å²) in [5, 5.41) is 14.1. The minimum Gasteiger partial charge on any atom is -0.497 e. The first kappa shape index (κ1) is 23.4. The molecule has 0 fully saturated rings. The Morgan fingerprint density at radius 2 is 1.57 bits per heavy atom. The number of ether oxygens (including phenoxy) is 2. The first-order valence-electron chi connectivity index (χ1n) is 10.6. The van der Waals surface area contributed by atoms with E-state index in [1.165, 1.54) is 29.1 Å². The molecule has 1 N–H and O–H groups in total. The molecular weight excluding hydrogens is 452 g/mol. The van der Waals surface area contributed by atoms with E-state index in [1.54, 1.807) is 38.5 Å². The number of nitro groups is 1. The van der Waals surface area contributed by atoms with Crippen molar-refractivity contribution in [1.82, 2.24) is 14.9 Å². The number of methoxy groups -OCH3 is 2. The molecule has 4 rings (SSSR count). The smallest absolute Gasteiger partial charge is 0.271 e. The van der Waals surface area contributed by atoms with Crippen LogP contribution < -0.4 is 20.3 Å². The van der Waals surface area contributed by atoms with E-state index < -0.39 is 22.4 Å². The van der Waals surface area contributed by atoms with Crippen LogP contribution in [-0.2, 0) is 11.3 Å². The van der Waals surface area contributed by atoms with Crippen LogP contribution in [0.3, 0.4) is 0 Å². The Morgan fingerprint density at radius 1 is 1.00 bits per heavy atom. The molecule has 1 heterocycles. The predicted octanol–water partition coefficient (Wildman–Crippen LogP) is 3.23. The van der Waals surface area contributed by atoms with Crippen molar-refractivity contribution in [2.24, 2.45) is 0 Å². The van der Waals surface area contributed by atoms with E-state index in [-0.39, 0.29) is 23.1 Å². The van der Waals surface area contributed by atoms with Crippen molar-refractivity contribution >= 4 is 22.5 Å². The zero-order valence-electron chi connectivity index (χ0n) is 19.0. The SMILES string of the molecule is COc1ccc(C(NC(=O)Cn2cnc3cc([N+](=O)[O-])ccc3c2=O)c2ccc(OC)cc2)cc1. The number of hydrogen-bond acceptors (Lipinski definition) is 7. The Morgan fingerprint density at radius 3 is 2.09 bits per heavy atom. The molecule has 0 bridgehead atoms. The molecule has 10 nitrogen and oxygen atoms in total. The molecule has 0 spiro atoms. The summed E-state index contributed by atoms with van der Waals surface area (Å²) in [6, 6.07) is 17.9. The van der Waals surface area contributed by atoms with E-state index in [1.807, 2.05) is 24.3 Å². The number of hydrogen-bond donors (Lipinski definition) is 1. The van der Waals surface area contributed by atoms with Crippen molar-refractivity contribution in [2.45, 2.75) is 12.6 Å². The average Bonchev–Trinajstić information content (AvgIpc) is 2.89. The summed E-state index contributed by atoms with van der Waals surface area (Å²) >= 11 is 0. The van der Waals surface area contributed by atoms with Gasteiger partial charge >= 0.3 is 0 Å². The molecule has 0 aliphatic carbocycles. The van der Waals surface area contributed by atoms with Gasteiger partial charge in [-0.25, -0.2) is 4.98 Å². The van der Waals surface area contributed by atoms with Gasteiger partial charge < -0.3 is 14.8 Å². The molecule has 1 amide bonds. The van der Waals surface area contributed by atoms with Gasteiger partial charge in [-0.2, -0.15) is 0 Å². The van der Waals surface area contributed by atoms with Gasteiger partial charge in [0.1, 0.15) is 18.0 Å². The molecule has 0 unspecified atom stereocenters. The highest BCUT2D eigenvalue weighted by Gasteiger charge is 2.19. The number of non-ortho nitro benzene ring substituents is 1. The van der Waals surface area contributed by atoms with Crippen molar-refractivity contribution in [3.05, 3.63) is 105 Å². The molecule has 0 radical (unpaired) electrons. The van der Waals surface area contributed by atoms with E-state index in [4.69, 9.17) is 9.47 Å². The highest BCUT2D eigenvalue weighted by molar-refractivity contribution is 5.81. The standard InChI is InChI=1S/C25H22N4O6/c1-34-19-8-3-16(4-9-19)24(17-5-10-20(35-2)11-6-17)27-23(30)14-28-15-26-22-13-18(29(32)33)7-12-21(22)25(28)31/h3-13,15,24H,14H2,1-2H3,(H,27,30). The van der Waals surface area contributed by atoms with Gasteiger partial charge in [-0.1, -0.05) is 24.3 Å². The summed E-state index contributed by atoms with van der Waals surface area (Å²) in [5.74, 6) is 0.956. The number of rotatable bonds is 8. The highest BCUT2D eigenvalue weighted by atomic mass is 16.6. The Balaban J connectivity index is 1.61. The van der Waals surface area contributed by atoms with Gasteiger partial charge in [0.2, 0.25) is 5.91 Å². The maximum absolute atomic E-state index is 13.0. The van der Waals surface area contributed by atoms with Crippen LogP contribution in [0.4, 0.5) is 5.69 Å². The largest absolute Gasteiger partial charge is 0.497 e. The number of nitro benzene ring substituents is 1. The Bertz CT molecular complexity index is 1380. The van der Waals surface area contributed by atoms with Gasteiger partial charge in [-0.05, 0) is 41.5 Å². The fourth-order valence-corrected chi connectivity index (χ4v) is 3.69. The molecule has 0 saturated heterocycles. The second-order valence-corrected chi connectivity index (χ2v) is 7.68. The number of amides is 1.